The van der Waals surface area contributed by atoms with Gasteiger partial charge >= 0.3 is 12.8 Å². The minimum Gasteiger partial charge on any atom is -0.433 e. The Kier molecular flexibility index (Phi) is 9.89. The molecule has 2 N–H and O–H groups in total. The van der Waals surface area contributed by atoms with E-state index in [-0.39, 0.29) is 29.6 Å². The maximum absolute atomic E-state index is 13.6. The molecular formula is C29H33F5N3O2PS. The third-order valence-electron chi connectivity index (χ3n) is 6.96. The van der Waals surface area contributed by atoms with Gasteiger partial charge in [0.2, 0.25) is 0 Å². The number of fused-ring (bicyclic) bond motifs is 1. The average molecular weight is 614 g/mol. The number of ether oxygens (including phenoxy) is 1. The summed E-state index contributed by atoms with van der Waals surface area (Å²) >= 11 is 1.22. The van der Waals surface area contributed by atoms with Crippen molar-refractivity contribution in [3.05, 3.63) is 46.8 Å². The van der Waals surface area contributed by atoms with Crippen molar-refractivity contribution >= 4 is 45.2 Å². The molecule has 0 amide bonds. The summed E-state index contributed by atoms with van der Waals surface area (Å²) in [6.45, 7) is 4.99. The van der Waals surface area contributed by atoms with Gasteiger partial charge in [-0.2, -0.15) is 22.0 Å². The zero-order chi connectivity index (χ0) is 29.8. The highest BCUT2D eigenvalue weighted by molar-refractivity contribution is 7.70. The first kappa shape index (κ1) is 31.1. The molecule has 0 bridgehead atoms. The smallest absolute Gasteiger partial charge is 0.393 e. The van der Waals surface area contributed by atoms with Crippen LogP contribution in [-0.4, -0.2) is 63.2 Å². The second-order valence-corrected chi connectivity index (χ2v) is 14.5. The largest absolute Gasteiger partial charge is 0.433 e. The van der Waals surface area contributed by atoms with Crippen LogP contribution in [0.1, 0.15) is 30.2 Å². The van der Waals surface area contributed by atoms with Crippen LogP contribution in [0.5, 0.6) is 5.75 Å². The Bertz CT molecular complexity index is 1470. The first-order valence-corrected chi connectivity index (χ1v) is 16.7. The molecular weight excluding hydrogens is 580 g/mol. The molecule has 4 rings (SSSR count). The standard InChI is InChI=1S/C29H33F5N3O2PS/c1-4-37-15-12-19(13-16-37)36-24-8-5-7-21-22(18-29(32,33)34)26(41-27(21)24)9-6-14-35-23-11-10-20(40(2,3)38)17-25(23)39-28(30)31/h5,7-8,10-11,17,19,28,35-36H,4,12-16,18H2,1-3H3. The Labute approximate surface area is 240 Å². The number of likely N-dealkylation sites (tertiary alicyclic amines) is 1. The molecule has 0 spiro atoms. The van der Waals surface area contributed by atoms with Crippen LogP contribution in [0.25, 0.3) is 10.1 Å². The number of rotatable bonds is 9. The summed E-state index contributed by atoms with van der Waals surface area (Å²) in [7, 11) is -2.72. The minimum atomic E-state index is -4.42. The molecule has 222 valence electrons. The number of piperidine rings is 1. The zero-order valence-electron chi connectivity index (χ0n) is 23.1. The fraction of sp³-hybridized carbons (Fsp3) is 0.448. The van der Waals surface area contributed by atoms with E-state index in [0.717, 1.165) is 42.9 Å². The molecule has 2 aromatic carbocycles. The number of hydrogen-bond donors (Lipinski definition) is 2. The van der Waals surface area contributed by atoms with Crippen LogP contribution < -0.4 is 20.7 Å². The lowest BCUT2D eigenvalue weighted by Crippen LogP contribution is -2.38. The summed E-state index contributed by atoms with van der Waals surface area (Å²) in [6, 6.07) is 9.92. The van der Waals surface area contributed by atoms with Crippen molar-refractivity contribution in [1.82, 2.24) is 4.90 Å². The quantitative estimate of drug-likeness (QED) is 0.152. The van der Waals surface area contributed by atoms with E-state index in [1.165, 1.54) is 36.8 Å². The summed E-state index contributed by atoms with van der Waals surface area (Å²) in [4.78, 5) is 2.68. The lowest BCUT2D eigenvalue weighted by atomic mass is 10.0. The van der Waals surface area contributed by atoms with Gasteiger partial charge in [-0.15, -0.1) is 11.3 Å². The van der Waals surface area contributed by atoms with Gasteiger partial charge in [0.05, 0.1) is 33.9 Å². The van der Waals surface area contributed by atoms with Crippen molar-refractivity contribution in [3.63, 3.8) is 0 Å². The van der Waals surface area contributed by atoms with E-state index in [4.69, 9.17) is 0 Å². The van der Waals surface area contributed by atoms with Gasteiger partial charge in [0.25, 0.3) is 0 Å². The van der Waals surface area contributed by atoms with Crippen LogP contribution in [-0.2, 0) is 11.0 Å². The fourth-order valence-corrected chi connectivity index (χ4v) is 6.86. The second-order valence-electron chi connectivity index (χ2n) is 10.3. The Morgan fingerprint density at radius 1 is 1.15 bits per heavy atom. The summed E-state index contributed by atoms with van der Waals surface area (Å²) < 4.78 is 84.4. The van der Waals surface area contributed by atoms with Crippen LogP contribution in [0.3, 0.4) is 0 Å². The maximum Gasteiger partial charge on any atom is 0.393 e. The number of hydrogen-bond acceptors (Lipinski definition) is 6. The molecule has 0 saturated carbocycles. The van der Waals surface area contributed by atoms with Gasteiger partial charge in [-0.3, -0.25) is 0 Å². The van der Waals surface area contributed by atoms with Crippen LogP contribution in [0.2, 0.25) is 0 Å². The SMILES string of the molecule is CCN1CCC(Nc2cccc3c(CC(F)(F)F)c(C#CCNc4ccc(P(C)(C)=O)cc4OC(F)F)sc23)CC1. The zero-order valence-corrected chi connectivity index (χ0v) is 24.8. The van der Waals surface area contributed by atoms with Crippen LogP contribution in [0.15, 0.2) is 36.4 Å². The topological polar surface area (TPSA) is 53.6 Å². The molecule has 0 aliphatic carbocycles. The average Bonchev–Trinajstić information content (AvgIpc) is 3.23. The van der Waals surface area contributed by atoms with Crippen LogP contribution >= 0.6 is 18.5 Å². The van der Waals surface area contributed by atoms with Gasteiger partial charge in [-0.05, 0) is 67.9 Å². The normalized spacial score (nSPS) is 15.1. The summed E-state index contributed by atoms with van der Waals surface area (Å²) in [6.07, 6.45) is -3.61. The molecule has 1 saturated heterocycles. The Balaban J connectivity index is 1.58. The predicted octanol–water partition coefficient (Wildman–Crippen LogP) is 7.22. The van der Waals surface area contributed by atoms with Crippen LogP contribution in [0, 0.1) is 11.8 Å². The lowest BCUT2D eigenvalue weighted by molar-refractivity contribution is -0.126. The van der Waals surface area contributed by atoms with Crippen molar-refractivity contribution in [2.75, 3.05) is 50.1 Å². The van der Waals surface area contributed by atoms with Gasteiger partial charge in [-0.1, -0.05) is 30.9 Å². The highest BCUT2D eigenvalue weighted by Crippen LogP contribution is 2.40. The maximum atomic E-state index is 13.6. The summed E-state index contributed by atoms with van der Waals surface area (Å²) in [5.41, 5.74) is 1.14. The molecule has 1 aromatic heterocycles. The minimum absolute atomic E-state index is 0.0321. The van der Waals surface area contributed by atoms with Crippen molar-refractivity contribution in [2.45, 2.75) is 45.0 Å². The first-order chi connectivity index (χ1) is 19.3. The van der Waals surface area contributed by atoms with E-state index in [0.29, 0.717) is 15.6 Å². The Hall–Kier alpha value is -2.80. The summed E-state index contributed by atoms with van der Waals surface area (Å²) in [5, 5.41) is 7.33. The van der Waals surface area contributed by atoms with Crippen molar-refractivity contribution in [2.24, 2.45) is 0 Å². The second kappa shape index (κ2) is 13.0. The monoisotopic (exact) mass is 613 g/mol. The molecule has 5 nitrogen and oxygen atoms in total. The van der Waals surface area contributed by atoms with Crippen molar-refractivity contribution in [3.8, 4) is 17.6 Å². The molecule has 1 aliphatic rings. The van der Waals surface area contributed by atoms with E-state index in [1.54, 1.807) is 18.2 Å². The molecule has 1 aliphatic heterocycles. The molecule has 1 fully saturated rings. The lowest BCUT2D eigenvalue weighted by Gasteiger charge is -2.32. The van der Waals surface area contributed by atoms with E-state index < -0.39 is 26.4 Å². The van der Waals surface area contributed by atoms with Gasteiger partial charge in [-0.25, -0.2) is 0 Å². The molecule has 41 heavy (non-hydrogen) atoms. The number of nitrogens with zero attached hydrogens (tertiary/aromatic N) is 1. The first-order valence-electron chi connectivity index (χ1n) is 13.3. The van der Waals surface area contributed by atoms with Gasteiger partial charge in [0, 0.05) is 24.4 Å². The van der Waals surface area contributed by atoms with E-state index in [1.807, 2.05) is 6.07 Å². The Morgan fingerprint density at radius 2 is 1.88 bits per heavy atom. The van der Waals surface area contributed by atoms with Gasteiger partial charge in [0.15, 0.2) is 0 Å². The molecule has 0 unspecified atom stereocenters. The van der Waals surface area contributed by atoms with Crippen molar-refractivity contribution in [1.29, 1.82) is 0 Å². The highest BCUT2D eigenvalue weighted by atomic mass is 32.1. The third kappa shape index (κ3) is 8.37. The molecule has 2 heterocycles. The number of benzene rings is 2. The third-order valence-corrected chi connectivity index (χ3v) is 9.68. The van der Waals surface area contributed by atoms with E-state index >= 15 is 0 Å². The Morgan fingerprint density at radius 3 is 2.51 bits per heavy atom. The molecule has 12 heteroatoms. The molecule has 0 atom stereocenters. The highest BCUT2D eigenvalue weighted by Gasteiger charge is 2.31. The molecule has 3 aromatic rings. The van der Waals surface area contributed by atoms with Gasteiger partial charge < -0.3 is 24.8 Å². The number of alkyl halides is 5. The number of thiophene rings is 1. The number of anilines is 2. The fourth-order valence-electron chi connectivity index (χ4n) is 4.82. The number of halogens is 5. The van der Waals surface area contributed by atoms with E-state index in [2.05, 4.69) is 39.0 Å². The van der Waals surface area contributed by atoms with Crippen molar-refractivity contribution < 1.29 is 31.3 Å². The summed E-state index contributed by atoms with van der Waals surface area (Å²) in [5.74, 6) is 5.53. The van der Waals surface area contributed by atoms with Gasteiger partial charge in [0.1, 0.15) is 12.9 Å². The molecule has 0 radical (unpaired) electrons. The number of nitrogens with one attached hydrogen (secondary N) is 2. The predicted molar refractivity (Wildman–Crippen MR) is 158 cm³/mol. The van der Waals surface area contributed by atoms with E-state index in [9.17, 15) is 26.5 Å². The van der Waals surface area contributed by atoms with Crippen LogP contribution in [0.4, 0.5) is 33.3 Å².